The average molecular weight is 320 g/mol. The highest BCUT2D eigenvalue weighted by molar-refractivity contribution is 7.89. The number of hydrogen-bond acceptors (Lipinski definition) is 5. The summed E-state index contributed by atoms with van der Waals surface area (Å²) in [4.78, 5) is 20.9. The van der Waals surface area contributed by atoms with E-state index in [0.29, 0.717) is 0 Å². The van der Waals surface area contributed by atoms with Crippen molar-refractivity contribution in [1.29, 1.82) is 0 Å². The minimum absolute atomic E-state index is 0.0533. The number of nitrogens with zero attached hydrogens (tertiary/aromatic N) is 2. The number of piperazine rings is 1. The van der Waals surface area contributed by atoms with Gasteiger partial charge < -0.3 is 5.32 Å². The molecule has 1 aliphatic rings. The summed E-state index contributed by atoms with van der Waals surface area (Å²) < 4.78 is 25.7. The van der Waals surface area contributed by atoms with Crippen LogP contribution in [0.4, 0.5) is 5.69 Å². The Bertz CT molecular complexity index is 675. The molecule has 1 aromatic carbocycles. The van der Waals surface area contributed by atoms with Crippen LogP contribution in [-0.4, -0.2) is 43.2 Å². The fraction of sp³-hybridized carbons (Fsp3) is 0.300. The highest BCUT2D eigenvalue weighted by atomic mass is 35.5. The largest absolute Gasteiger partial charge is 0.354 e. The Morgan fingerprint density at radius 1 is 1.40 bits per heavy atom. The van der Waals surface area contributed by atoms with Crippen molar-refractivity contribution in [2.24, 2.45) is 0 Å². The number of benzene rings is 1. The predicted molar refractivity (Wildman–Crippen MR) is 69.9 cm³/mol. The van der Waals surface area contributed by atoms with E-state index in [1.807, 2.05) is 0 Å². The van der Waals surface area contributed by atoms with Gasteiger partial charge in [-0.25, -0.2) is 8.42 Å². The SMILES string of the molecule is O=C1CN(S(=O)(=O)c2cc(Cl)ccc2[N+](=O)[O-])CCN1. The zero-order valence-electron chi connectivity index (χ0n) is 10.1. The predicted octanol–water partition coefficient (Wildman–Crippen LogP) is 0.369. The van der Waals surface area contributed by atoms with E-state index in [4.69, 9.17) is 11.6 Å². The molecule has 10 heteroatoms. The number of rotatable bonds is 3. The maximum atomic E-state index is 12.4. The van der Waals surface area contributed by atoms with Gasteiger partial charge in [0.2, 0.25) is 15.9 Å². The van der Waals surface area contributed by atoms with Crippen LogP contribution in [0, 0.1) is 10.1 Å². The van der Waals surface area contributed by atoms with Crippen molar-refractivity contribution >= 4 is 33.2 Å². The molecule has 20 heavy (non-hydrogen) atoms. The van der Waals surface area contributed by atoms with Crippen molar-refractivity contribution in [3.8, 4) is 0 Å². The van der Waals surface area contributed by atoms with Gasteiger partial charge in [-0.05, 0) is 12.1 Å². The van der Waals surface area contributed by atoms with Gasteiger partial charge in [-0.2, -0.15) is 4.31 Å². The summed E-state index contributed by atoms with van der Waals surface area (Å²) in [5.74, 6) is -0.454. The first-order chi connectivity index (χ1) is 9.32. The molecule has 1 aliphatic heterocycles. The van der Waals surface area contributed by atoms with E-state index in [1.54, 1.807) is 0 Å². The van der Waals surface area contributed by atoms with Gasteiger partial charge in [-0.1, -0.05) is 11.6 Å². The third kappa shape index (κ3) is 2.74. The van der Waals surface area contributed by atoms with Gasteiger partial charge in [0.05, 0.1) is 11.5 Å². The number of carbonyl (C=O) groups excluding carboxylic acids is 1. The van der Waals surface area contributed by atoms with Gasteiger partial charge in [-0.3, -0.25) is 14.9 Å². The smallest absolute Gasteiger partial charge is 0.289 e. The third-order valence-corrected chi connectivity index (χ3v) is 4.85. The molecule has 1 heterocycles. The number of nitro groups is 1. The summed E-state index contributed by atoms with van der Waals surface area (Å²) >= 11 is 5.71. The minimum atomic E-state index is -4.15. The van der Waals surface area contributed by atoms with E-state index in [1.165, 1.54) is 6.07 Å². The van der Waals surface area contributed by atoms with Gasteiger partial charge in [0, 0.05) is 24.2 Å². The molecule has 0 bridgehead atoms. The highest BCUT2D eigenvalue weighted by Crippen LogP contribution is 2.29. The summed E-state index contributed by atoms with van der Waals surface area (Å²) in [5.41, 5.74) is -0.569. The Hall–Kier alpha value is -1.71. The molecule has 108 valence electrons. The lowest BCUT2D eigenvalue weighted by molar-refractivity contribution is -0.387. The molecule has 0 spiro atoms. The van der Waals surface area contributed by atoms with Gasteiger partial charge in [0.25, 0.3) is 5.69 Å². The monoisotopic (exact) mass is 319 g/mol. The van der Waals surface area contributed by atoms with E-state index in [0.717, 1.165) is 16.4 Å². The van der Waals surface area contributed by atoms with Gasteiger partial charge in [0.1, 0.15) is 0 Å². The molecule has 1 aromatic rings. The van der Waals surface area contributed by atoms with Crippen LogP contribution < -0.4 is 5.32 Å². The Morgan fingerprint density at radius 3 is 2.70 bits per heavy atom. The fourth-order valence-electron chi connectivity index (χ4n) is 1.80. The van der Waals surface area contributed by atoms with E-state index in [-0.39, 0.29) is 24.7 Å². The Morgan fingerprint density at radius 2 is 2.10 bits per heavy atom. The van der Waals surface area contributed by atoms with E-state index < -0.39 is 31.4 Å². The van der Waals surface area contributed by atoms with Crippen molar-refractivity contribution in [1.82, 2.24) is 9.62 Å². The van der Waals surface area contributed by atoms with Crippen LogP contribution in [0.5, 0.6) is 0 Å². The molecule has 2 rings (SSSR count). The Labute approximate surface area is 119 Å². The van der Waals surface area contributed by atoms with Crippen LogP contribution in [-0.2, 0) is 14.8 Å². The zero-order chi connectivity index (χ0) is 14.9. The quantitative estimate of drug-likeness (QED) is 0.639. The van der Waals surface area contributed by atoms with Crippen molar-refractivity contribution in [3.05, 3.63) is 33.3 Å². The van der Waals surface area contributed by atoms with E-state index in [2.05, 4.69) is 5.32 Å². The second-order valence-corrected chi connectivity index (χ2v) is 6.40. The molecular weight excluding hydrogens is 310 g/mol. The van der Waals surface area contributed by atoms with Crippen molar-refractivity contribution in [2.75, 3.05) is 19.6 Å². The molecule has 1 N–H and O–H groups in total. The number of halogens is 1. The van der Waals surface area contributed by atoms with Gasteiger partial charge >= 0.3 is 0 Å². The van der Waals surface area contributed by atoms with Crippen molar-refractivity contribution < 1.29 is 18.1 Å². The molecule has 0 radical (unpaired) electrons. The molecular formula is C10H10ClN3O5S. The Balaban J connectivity index is 2.51. The Kier molecular flexibility index (Phi) is 3.93. The molecule has 0 unspecified atom stereocenters. The zero-order valence-corrected chi connectivity index (χ0v) is 11.6. The number of hydrogen-bond donors (Lipinski definition) is 1. The standard InChI is InChI=1S/C10H10ClN3O5S/c11-7-1-2-8(14(16)17)9(5-7)20(18,19)13-4-3-12-10(15)6-13/h1-2,5H,3-4,6H2,(H,12,15). The van der Waals surface area contributed by atoms with Crippen LogP contribution in [0.15, 0.2) is 23.1 Å². The molecule has 1 saturated heterocycles. The second kappa shape index (κ2) is 5.35. The third-order valence-electron chi connectivity index (χ3n) is 2.74. The summed E-state index contributed by atoms with van der Waals surface area (Å²) in [6.07, 6.45) is 0. The van der Waals surface area contributed by atoms with Crippen molar-refractivity contribution in [2.45, 2.75) is 4.90 Å². The molecule has 1 amide bonds. The summed E-state index contributed by atoms with van der Waals surface area (Å²) in [6, 6.07) is 3.28. The normalized spacial score (nSPS) is 16.8. The van der Waals surface area contributed by atoms with Crippen LogP contribution in [0.2, 0.25) is 5.02 Å². The average Bonchev–Trinajstić information content (AvgIpc) is 2.38. The number of nitro benzene ring substituents is 1. The topological polar surface area (TPSA) is 110 Å². The van der Waals surface area contributed by atoms with Crippen LogP contribution in [0.1, 0.15) is 0 Å². The first kappa shape index (κ1) is 14.7. The van der Waals surface area contributed by atoms with E-state index >= 15 is 0 Å². The number of sulfonamides is 1. The first-order valence-electron chi connectivity index (χ1n) is 5.53. The maximum absolute atomic E-state index is 12.4. The highest BCUT2D eigenvalue weighted by Gasteiger charge is 2.34. The number of carbonyl (C=O) groups is 1. The minimum Gasteiger partial charge on any atom is -0.354 e. The number of nitrogens with one attached hydrogen (secondary N) is 1. The summed E-state index contributed by atoms with van der Waals surface area (Å²) in [7, 11) is -4.15. The van der Waals surface area contributed by atoms with E-state index in [9.17, 15) is 23.3 Å². The molecule has 0 saturated carbocycles. The second-order valence-electron chi connectivity index (χ2n) is 4.06. The van der Waals surface area contributed by atoms with Crippen LogP contribution in [0.3, 0.4) is 0 Å². The summed E-state index contributed by atoms with van der Waals surface area (Å²) in [5, 5.41) is 13.5. The lowest BCUT2D eigenvalue weighted by Crippen LogP contribution is -2.49. The maximum Gasteiger partial charge on any atom is 0.289 e. The molecule has 0 aromatic heterocycles. The van der Waals surface area contributed by atoms with Crippen molar-refractivity contribution in [3.63, 3.8) is 0 Å². The lowest BCUT2D eigenvalue weighted by Gasteiger charge is -2.25. The lowest BCUT2D eigenvalue weighted by atomic mass is 10.3. The summed E-state index contributed by atoms with van der Waals surface area (Å²) in [6.45, 7) is -0.157. The molecule has 1 fully saturated rings. The van der Waals surface area contributed by atoms with Crippen LogP contribution in [0.25, 0.3) is 0 Å². The van der Waals surface area contributed by atoms with Gasteiger partial charge in [-0.15, -0.1) is 0 Å². The van der Waals surface area contributed by atoms with Gasteiger partial charge in [0.15, 0.2) is 4.90 Å². The first-order valence-corrected chi connectivity index (χ1v) is 7.35. The van der Waals surface area contributed by atoms with Crippen LogP contribution >= 0.6 is 11.6 Å². The molecule has 0 aliphatic carbocycles. The molecule has 8 nitrogen and oxygen atoms in total. The molecule has 0 atom stereocenters. The number of amides is 1. The fourth-order valence-corrected chi connectivity index (χ4v) is 3.62.